The van der Waals surface area contributed by atoms with E-state index in [4.69, 9.17) is 0 Å². The summed E-state index contributed by atoms with van der Waals surface area (Å²) in [5.41, 5.74) is 2.80. The van der Waals surface area contributed by atoms with Crippen molar-refractivity contribution >= 4 is 5.78 Å². The highest BCUT2D eigenvalue weighted by Crippen LogP contribution is 2.11. The number of carbonyl (C=O) groups is 1. The second-order valence-electron chi connectivity index (χ2n) is 4.12. The van der Waals surface area contributed by atoms with Gasteiger partial charge in [0.05, 0.1) is 6.20 Å². The van der Waals surface area contributed by atoms with Crippen molar-refractivity contribution in [2.24, 2.45) is 0 Å². The first kappa shape index (κ1) is 11.6. The molecule has 1 aromatic carbocycles. The molecule has 3 heteroatoms. The van der Waals surface area contributed by atoms with E-state index >= 15 is 0 Å². The summed E-state index contributed by atoms with van der Waals surface area (Å²) < 4.78 is 1.83. The molecule has 2 aromatic rings. The van der Waals surface area contributed by atoms with Crippen molar-refractivity contribution in [1.29, 1.82) is 0 Å². The van der Waals surface area contributed by atoms with Crippen LogP contribution in [0.1, 0.15) is 28.4 Å². The molecule has 0 saturated heterocycles. The summed E-state index contributed by atoms with van der Waals surface area (Å²) in [6.07, 6.45) is 4.11. The molecule has 17 heavy (non-hydrogen) atoms. The number of rotatable bonds is 4. The molecule has 0 saturated carbocycles. The van der Waals surface area contributed by atoms with Gasteiger partial charge in [0.15, 0.2) is 5.78 Å². The Morgan fingerprint density at radius 2 is 2.12 bits per heavy atom. The van der Waals surface area contributed by atoms with Crippen LogP contribution in [0.5, 0.6) is 0 Å². The quantitative estimate of drug-likeness (QED) is 0.754. The molecule has 0 aliphatic carbocycles. The third-order valence-corrected chi connectivity index (χ3v) is 2.82. The minimum atomic E-state index is 0.152. The molecule has 0 aliphatic heterocycles. The van der Waals surface area contributed by atoms with Gasteiger partial charge in [-0.2, -0.15) is 5.10 Å². The molecule has 0 bridgehead atoms. The van der Waals surface area contributed by atoms with Gasteiger partial charge < -0.3 is 0 Å². The molecular weight excluding hydrogens is 212 g/mol. The summed E-state index contributed by atoms with van der Waals surface area (Å²) in [5.74, 6) is 0.152. The molecule has 0 fully saturated rings. The van der Waals surface area contributed by atoms with Crippen LogP contribution in [0.25, 0.3) is 0 Å². The fraction of sp³-hybridized carbons (Fsp3) is 0.286. The van der Waals surface area contributed by atoms with Crippen molar-refractivity contribution in [3.63, 3.8) is 0 Å². The Kier molecular flexibility index (Phi) is 3.38. The van der Waals surface area contributed by atoms with Gasteiger partial charge in [0.2, 0.25) is 0 Å². The first-order valence-electron chi connectivity index (χ1n) is 5.81. The van der Waals surface area contributed by atoms with Crippen molar-refractivity contribution in [3.05, 3.63) is 53.3 Å². The molecule has 88 valence electrons. The smallest absolute Gasteiger partial charge is 0.167 e. The standard InChI is InChI=1S/C14H16N2O/c1-3-16-10-12(9-15-16)8-14(17)13-7-5-4-6-11(13)2/h4-7,9-10H,3,8H2,1-2H3. The average Bonchev–Trinajstić information content (AvgIpc) is 2.77. The Morgan fingerprint density at radius 1 is 1.35 bits per heavy atom. The van der Waals surface area contributed by atoms with Crippen LogP contribution < -0.4 is 0 Å². The van der Waals surface area contributed by atoms with Gasteiger partial charge in [0.1, 0.15) is 0 Å². The number of aromatic nitrogens is 2. The number of carbonyl (C=O) groups excluding carboxylic acids is 1. The van der Waals surface area contributed by atoms with E-state index in [1.54, 1.807) is 6.20 Å². The lowest BCUT2D eigenvalue weighted by Gasteiger charge is -2.02. The van der Waals surface area contributed by atoms with E-state index in [1.165, 1.54) is 0 Å². The summed E-state index contributed by atoms with van der Waals surface area (Å²) in [7, 11) is 0. The van der Waals surface area contributed by atoms with E-state index in [2.05, 4.69) is 5.10 Å². The molecule has 2 rings (SSSR count). The second kappa shape index (κ2) is 4.95. The molecule has 0 aliphatic rings. The third-order valence-electron chi connectivity index (χ3n) is 2.82. The van der Waals surface area contributed by atoms with Gasteiger partial charge in [-0.05, 0) is 25.0 Å². The van der Waals surface area contributed by atoms with Gasteiger partial charge in [-0.25, -0.2) is 0 Å². The number of hydrogen-bond acceptors (Lipinski definition) is 2. The summed E-state index contributed by atoms with van der Waals surface area (Å²) in [6.45, 7) is 4.82. The molecule has 3 nitrogen and oxygen atoms in total. The van der Waals surface area contributed by atoms with Crippen molar-refractivity contribution in [2.45, 2.75) is 26.8 Å². The first-order valence-corrected chi connectivity index (χ1v) is 5.81. The van der Waals surface area contributed by atoms with Crippen LogP contribution in [0.2, 0.25) is 0 Å². The maximum atomic E-state index is 12.1. The molecule has 0 radical (unpaired) electrons. The van der Waals surface area contributed by atoms with E-state index in [1.807, 2.05) is 49.0 Å². The number of Topliss-reactive ketones (excluding diaryl/α,β-unsaturated/α-hetero) is 1. The van der Waals surface area contributed by atoms with Crippen LogP contribution in [-0.2, 0) is 13.0 Å². The first-order chi connectivity index (χ1) is 8.20. The lowest BCUT2D eigenvalue weighted by Crippen LogP contribution is -2.04. The second-order valence-corrected chi connectivity index (χ2v) is 4.12. The summed E-state index contributed by atoms with van der Waals surface area (Å²) in [4.78, 5) is 12.1. The van der Waals surface area contributed by atoms with E-state index in [-0.39, 0.29) is 5.78 Å². The van der Waals surface area contributed by atoms with Gasteiger partial charge >= 0.3 is 0 Å². The SMILES string of the molecule is CCn1cc(CC(=O)c2ccccc2C)cn1. The van der Waals surface area contributed by atoms with Crippen LogP contribution in [0.3, 0.4) is 0 Å². The van der Waals surface area contributed by atoms with E-state index in [9.17, 15) is 4.79 Å². The Balaban J connectivity index is 2.14. The molecule has 0 unspecified atom stereocenters. The normalized spacial score (nSPS) is 10.5. The predicted octanol–water partition coefficient (Wildman–Crippen LogP) is 2.64. The van der Waals surface area contributed by atoms with Gasteiger partial charge in [-0.1, -0.05) is 24.3 Å². The van der Waals surface area contributed by atoms with Gasteiger partial charge in [-0.3, -0.25) is 9.48 Å². The number of aryl methyl sites for hydroxylation is 2. The molecular formula is C14H16N2O. The van der Waals surface area contributed by atoms with Gasteiger partial charge in [0, 0.05) is 24.7 Å². The van der Waals surface area contributed by atoms with Gasteiger partial charge in [0.25, 0.3) is 0 Å². The Morgan fingerprint density at radius 3 is 2.76 bits per heavy atom. The molecule has 1 heterocycles. The summed E-state index contributed by atoms with van der Waals surface area (Å²) in [6, 6.07) is 7.68. The highest BCUT2D eigenvalue weighted by molar-refractivity contribution is 5.98. The molecule has 0 atom stereocenters. The van der Waals surface area contributed by atoms with Crippen LogP contribution in [0, 0.1) is 6.92 Å². The zero-order valence-corrected chi connectivity index (χ0v) is 10.2. The number of ketones is 1. The topological polar surface area (TPSA) is 34.9 Å². The zero-order chi connectivity index (χ0) is 12.3. The largest absolute Gasteiger partial charge is 0.294 e. The Labute approximate surface area is 101 Å². The van der Waals surface area contributed by atoms with E-state index in [0.717, 1.165) is 23.2 Å². The summed E-state index contributed by atoms with van der Waals surface area (Å²) in [5, 5.41) is 4.17. The summed E-state index contributed by atoms with van der Waals surface area (Å²) >= 11 is 0. The fourth-order valence-corrected chi connectivity index (χ4v) is 1.84. The minimum Gasteiger partial charge on any atom is -0.294 e. The molecule has 0 amide bonds. The van der Waals surface area contributed by atoms with E-state index in [0.29, 0.717) is 6.42 Å². The lowest BCUT2D eigenvalue weighted by molar-refractivity contribution is 0.0992. The van der Waals surface area contributed by atoms with Crippen molar-refractivity contribution < 1.29 is 4.79 Å². The maximum absolute atomic E-state index is 12.1. The Hall–Kier alpha value is -1.90. The zero-order valence-electron chi connectivity index (χ0n) is 10.2. The van der Waals surface area contributed by atoms with E-state index < -0.39 is 0 Å². The highest BCUT2D eigenvalue weighted by Gasteiger charge is 2.10. The van der Waals surface area contributed by atoms with Gasteiger partial charge in [-0.15, -0.1) is 0 Å². The Bertz CT molecular complexity index is 529. The number of hydrogen-bond donors (Lipinski definition) is 0. The predicted molar refractivity (Wildman–Crippen MR) is 67.1 cm³/mol. The van der Waals surface area contributed by atoms with Crippen molar-refractivity contribution in [2.75, 3.05) is 0 Å². The van der Waals surface area contributed by atoms with Crippen LogP contribution in [0.15, 0.2) is 36.7 Å². The monoisotopic (exact) mass is 228 g/mol. The van der Waals surface area contributed by atoms with Crippen LogP contribution in [-0.4, -0.2) is 15.6 Å². The molecule has 1 aromatic heterocycles. The average molecular weight is 228 g/mol. The highest BCUT2D eigenvalue weighted by atomic mass is 16.1. The van der Waals surface area contributed by atoms with Crippen LogP contribution in [0.4, 0.5) is 0 Å². The van der Waals surface area contributed by atoms with Crippen LogP contribution >= 0.6 is 0 Å². The fourth-order valence-electron chi connectivity index (χ4n) is 1.84. The lowest BCUT2D eigenvalue weighted by atomic mass is 10.0. The minimum absolute atomic E-state index is 0.152. The number of nitrogens with zero attached hydrogens (tertiary/aromatic N) is 2. The molecule has 0 spiro atoms. The maximum Gasteiger partial charge on any atom is 0.167 e. The number of benzene rings is 1. The van der Waals surface area contributed by atoms with Crippen molar-refractivity contribution in [3.8, 4) is 0 Å². The van der Waals surface area contributed by atoms with Crippen molar-refractivity contribution in [1.82, 2.24) is 9.78 Å². The third kappa shape index (κ3) is 2.61. The molecule has 0 N–H and O–H groups in total.